The van der Waals surface area contributed by atoms with Crippen LogP contribution in [0.25, 0.3) is 0 Å². The fourth-order valence-electron chi connectivity index (χ4n) is 4.14. The normalized spacial score (nSPS) is 17.8. The fraction of sp³-hybridized carbons (Fsp3) is 0.304. The molecule has 1 aromatic carbocycles. The molecule has 2 aromatic rings. The summed E-state index contributed by atoms with van der Waals surface area (Å²) < 4.78 is 5.35. The summed E-state index contributed by atoms with van der Waals surface area (Å²) in [6, 6.07) is 5.71. The van der Waals surface area contributed by atoms with Gasteiger partial charge in [-0.25, -0.2) is 4.79 Å². The Hall–Kier alpha value is -2.65. The van der Waals surface area contributed by atoms with Crippen LogP contribution in [0.5, 0.6) is 0 Å². The number of hydrogen-bond donors (Lipinski definition) is 3. The number of carboxylic acids is 1. The lowest BCUT2D eigenvalue weighted by atomic mass is 9.65. The average molecular weight is 525 g/mol. The minimum absolute atomic E-state index is 0.0552. The zero-order chi connectivity index (χ0) is 24.5. The Morgan fingerprint density at radius 3 is 2.29 bits per heavy atom. The zero-order valence-corrected chi connectivity index (χ0v) is 20.0. The number of nitrogens with one attached hydrogen (secondary N) is 2. The largest absolute Gasteiger partial charge is 0.480 e. The molecule has 1 aliphatic heterocycles. The second-order valence-corrected chi connectivity index (χ2v) is 9.27. The second-order valence-electron chi connectivity index (χ2n) is 8.08. The smallest absolute Gasteiger partial charge is 0.326 e. The number of ether oxygens (including phenoxy) is 1. The van der Waals surface area contributed by atoms with Gasteiger partial charge in [0.05, 0.1) is 21.0 Å². The Morgan fingerprint density at radius 2 is 1.71 bits per heavy atom. The van der Waals surface area contributed by atoms with Gasteiger partial charge in [0.15, 0.2) is 5.78 Å². The van der Waals surface area contributed by atoms with E-state index in [0.29, 0.717) is 43.0 Å². The third-order valence-corrected chi connectivity index (χ3v) is 6.96. The molecule has 1 saturated heterocycles. The van der Waals surface area contributed by atoms with Crippen LogP contribution in [0.1, 0.15) is 28.8 Å². The SMILES string of the molecule is O=C(Nc1ccc(C[C@H](NC2=C(Cl)C(=O)C23CCOCC3)C(=O)O)cc1)c1c(Cl)cncc1Cl. The number of aromatic nitrogens is 1. The molecule has 1 fully saturated rings. The molecular weight excluding hydrogens is 505 g/mol. The number of hydrogen-bond acceptors (Lipinski definition) is 6. The number of rotatable bonds is 7. The number of allylic oxidation sites excluding steroid dienone is 2. The lowest BCUT2D eigenvalue weighted by Crippen LogP contribution is -2.54. The summed E-state index contributed by atoms with van der Waals surface area (Å²) in [7, 11) is 0. The van der Waals surface area contributed by atoms with E-state index in [1.54, 1.807) is 24.3 Å². The van der Waals surface area contributed by atoms with Crippen molar-refractivity contribution >= 4 is 58.1 Å². The van der Waals surface area contributed by atoms with Gasteiger partial charge < -0.3 is 20.5 Å². The molecule has 178 valence electrons. The summed E-state index contributed by atoms with van der Waals surface area (Å²) in [6.45, 7) is 0.837. The summed E-state index contributed by atoms with van der Waals surface area (Å²) in [4.78, 5) is 40.7. The van der Waals surface area contributed by atoms with Crippen molar-refractivity contribution in [2.75, 3.05) is 18.5 Å². The van der Waals surface area contributed by atoms with Crippen molar-refractivity contribution in [3.8, 4) is 0 Å². The molecule has 1 aromatic heterocycles. The van der Waals surface area contributed by atoms with Crippen molar-refractivity contribution in [3.05, 3.63) is 68.6 Å². The number of halogens is 3. The van der Waals surface area contributed by atoms with Gasteiger partial charge in [-0.1, -0.05) is 46.9 Å². The number of aliphatic carboxylic acids is 1. The van der Waals surface area contributed by atoms with Crippen LogP contribution in [0.4, 0.5) is 5.69 Å². The predicted octanol–water partition coefficient (Wildman–Crippen LogP) is 4.06. The maximum absolute atomic E-state index is 12.5. The molecule has 11 heteroatoms. The number of carbonyl (C=O) groups is 3. The number of pyridine rings is 1. The summed E-state index contributed by atoms with van der Waals surface area (Å²) in [6.07, 6.45) is 3.73. The number of Topliss-reactive ketones (excluding diaryl/α,β-unsaturated/α-hetero) is 1. The average Bonchev–Trinajstić information content (AvgIpc) is 2.82. The standard InChI is InChI=1S/C23H20Cl3N3O5/c24-14-10-27-11-15(25)17(14)21(31)28-13-3-1-12(2-4-13)9-16(22(32)33)29-19-18(26)20(30)23(19)5-7-34-8-6-23/h1-4,10-11,16,29H,5-9H2,(H,28,31)(H,32,33)/t16-/m0/s1. The van der Waals surface area contributed by atoms with Crippen LogP contribution in [0.3, 0.4) is 0 Å². The molecule has 2 heterocycles. The third-order valence-electron chi connectivity index (χ3n) is 6.03. The lowest BCUT2D eigenvalue weighted by Gasteiger charge is -2.45. The molecule has 1 aliphatic carbocycles. The monoisotopic (exact) mass is 523 g/mol. The summed E-state index contributed by atoms with van der Waals surface area (Å²) in [5.41, 5.74) is 0.993. The number of amides is 1. The van der Waals surface area contributed by atoms with Gasteiger partial charge in [0.1, 0.15) is 11.1 Å². The number of ketones is 1. The Labute approximate surface area is 210 Å². The molecule has 3 N–H and O–H groups in total. The molecule has 0 bridgehead atoms. The van der Waals surface area contributed by atoms with Crippen molar-refractivity contribution in [3.63, 3.8) is 0 Å². The van der Waals surface area contributed by atoms with Gasteiger partial charge in [0.25, 0.3) is 5.91 Å². The first kappa shape index (κ1) is 24.5. The van der Waals surface area contributed by atoms with E-state index < -0.39 is 23.3 Å². The molecular formula is C23H20Cl3N3O5. The first-order chi connectivity index (χ1) is 16.2. The number of carbonyl (C=O) groups excluding carboxylic acids is 2. The van der Waals surface area contributed by atoms with E-state index in [1.807, 2.05) is 0 Å². The Kier molecular flexibility index (Phi) is 7.14. The molecule has 1 spiro atoms. The maximum atomic E-state index is 12.5. The molecule has 1 amide bonds. The van der Waals surface area contributed by atoms with Crippen molar-refractivity contribution in [2.24, 2.45) is 5.41 Å². The van der Waals surface area contributed by atoms with Crippen LogP contribution in [0.2, 0.25) is 10.0 Å². The van der Waals surface area contributed by atoms with Gasteiger partial charge in [0, 0.05) is 43.4 Å². The fourth-order valence-corrected chi connectivity index (χ4v) is 5.09. The maximum Gasteiger partial charge on any atom is 0.326 e. The first-order valence-electron chi connectivity index (χ1n) is 10.4. The highest BCUT2D eigenvalue weighted by molar-refractivity contribution is 6.47. The molecule has 0 saturated carbocycles. The summed E-state index contributed by atoms with van der Waals surface area (Å²) >= 11 is 18.2. The van der Waals surface area contributed by atoms with Crippen molar-refractivity contribution < 1.29 is 24.2 Å². The van der Waals surface area contributed by atoms with E-state index in [0.717, 1.165) is 0 Å². The quantitative estimate of drug-likeness (QED) is 0.500. The van der Waals surface area contributed by atoms with Crippen LogP contribution in [0.15, 0.2) is 47.4 Å². The molecule has 0 radical (unpaired) electrons. The molecule has 2 aliphatic rings. The van der Waals surface area contributed by atoms with Gasteiger partial charge in [0.2, 0.25) is 0 Å². The highest BCUT2D eigenvalue weighted by atomic mass is 35.5. The number of nitrogens with zero attached hydrogens (tertiary/aromatic N) is 1. The van der Waals surface area contributed by atoms with E-state index in [9.17, 15) is 19.5 Å². The topological polar surface area (TPSA) is 118 Å². The number of benzene rings is 1. The second kappa shape index (κ2) is 9.92. The van der Waals surface area contributed by atoms with Crippen molar-refractivity contribution in [1.82, 2.24) is 10.3 Å². The van der Waals surface area contributed by atoms with Gasteiger partial charge in [-0.15, -0.1) is 0 Å². The van der Waals surface area contributed by atoms with Gasteiger partial charge >= 0.3 is 5.97 Å². The highest BCUT2D eigenvalue weighted by Gasteiger charge is 2.54. The molecule has 8 nitrogen and oxygen atoms in total. The van der Waals surface area contributed by atoms with Crippen LogP contribution < -0.4 is 10.6 Å². The minimum atomic E-state index is -1.07. The van der Waals surface area contributed by atoms with Crippen LogP contribution in [-0.4, -0.2) is 47.0 Å². The third kappa shape index (κ3) is 4.63. The van der Waals surface area contributed by atoms with Crippen LogP contribution in [0, 0.1) is 5.41 Å². The van der Waals surface area contributed by atoms with Crippen molar-refractivity contribution in [2.45, 2.75) is 25.3 Å². The Balaban J connectivity index is 1.45. The molecule has 0 unspecified atom stereocenters. The number of carboxylic acid groups (broad SMARTS) is 1. The summed E-state index contributed by atoms with van der Waals surface area (Å²) in [5.74, 6) is -1.73. The molecule has 34 heavy (non-hydrogen) atoms. The van der Waals surface area contributed by atoms with Gasteiger partial charge in [-0.05, 0) is 30.5 Å². The van der Waals surface area contributed by atoms with Crippen molar-refractivity contribution in [1.29, 1.82) is 0 Å². The van der Waals surface area contributed by atoms with Crippen LogP contribution >= 0.6 is 34.8 Å². The van der Waals surface area contributed by atoms with Gasteiger partial charge in [-0.3, -0.25) is 14.6 Å². The van der Waals surface area contributed by atoms with E-state index in [4.69, 9.17) is 39.5 Å². The minimum Gasteiger partial charge on any atom is -0.480 e. The van der Waals surface area contributed by atoms with Crippen LogP contribution in [-0.2, 0) is 20.7 Å². The van der Waals surface area contributed by atoms with E-state index in [1.165, 1.54) is 12.4 Å². The van der Waals surface area contributed by atoms with E-state index in [2.05, 4.69) is 15.6 Å². The Morgan fingerprint density at radius 1 is 1.09 bits per heavy atom. The molecule has 1 atom stereocenters. The number of anilines is 1. The van der Waals surface area contributed by atoms with E-state index in [-0.39, 0.29) is 32.8 Å². The van der Waals surface area contributed by atoms with Gasteiger partial charge in [-0.2, -0.15) is 0 Å². The zero-order valence-electron chi connectivity index (χ0n) is 17.7. The molecule has 4 rings (SSSR count). The Bertz CT molecular complexity index is 1160. The first-order valence-corrected chi connectivity index (χ1v) is 11.6. The predicted molar refractivity (Wildman–Crippen MR) is 127 cm³/mol. The highest BCUT2D eigenvalue weighted by Crippen LogP contribution is 2.50. The lowest BCUT2D eigenvalue weighted by molar-refractivity contribution is -0.140. The van der Waals surface area contributed by atoms with E-state index >= 15 is 0 Å². The summed E-state index contributed by atoms with van der Waals surface area (Å²) in [5, 5.41) is 15.8.